The van der Waals surface area contributed by atoms with E-state index in [-0.39, 0.29) is 5.92 Å². The van der Waals surface area contributed by atoms with Crippen molar-refractivity contribution in [1.29, 1.82) is 0 Å². The highest BCUT2D eigenvalue weighted by Crippen LogP contribution is 2.19. The van der Waals surface area contributed by atoms with Crippen LogP contribution in [0.2, 0.25) is 0 Å². The molecule has 18 heavy (non-hydrogen) atoms. The Kier molecular flexibility index (Phi) is 5.76. The minimum Gasteiger partial charge on any atom is -0.393 e. The van der Waals surface area contributed by atoms with Crippen molar-refractivity contribution < 1.29 is 0 Å². The van der Waals surface area contributed by atoms with Gasteiger partial charge in [-0.2, -0.15) is 0 Å². The van der Waals surface area contributed by atoms with Gasteiger partial charge in [-0.3, -0.25) is 0 Å². The Hall–Kier alpha value is -0.930. The molecule has 2 nitrogen and oxygen atoms in total. The third-order valence-corrected chi connectivity index (χ3v) is 3.96. The number of rotatable bonds is 6. The normalized spacial score (nSPS) is 14.8. The molecule has 2 N–H and O–H groups in total. The zero-order valence-corrected chi connectivity index (χ0v) is 12.6. The van der Waals surface area contributed by atoms with Crippen LogP contribution in [0.4, 0.5) is 0 Å². The highest BCUT2D eigenvalue weighted by atomic mass is 32.1. The number of thiocarbonyl (C=S) groups is 1. The lowest BCUT2D eigenvalue weighted by molar-refractivity contribution is 0.206. The van der Waals surface area contributed by atoms with Crippen molar-refractivity contribution in [2.24, 2.45) is 11.7 Å². The number of nitrogens with two attached hydrogens (primary N) is 1. The molecule has 0 radical (unpaired) electrons. The monoisotopic (exact) mass is 264 g/mol. The molecule has 0 saturated heterocycles. The molecular weight excluding hydrogens is 240 g/mol. The summed E-state index contributed by atoms with van der Waals surface area (Å²) >= 11 is 5.22. The van der Waals surface area contributed by atoms with E-state index in [1.165, 1.54) is 5.56 Å². The van der Waals surface area contributed by atoms with Crippen LogP contribution in [0.5, 0.6) is 0 Å². The van der Waals surface area contributed by atoms with Gasteiger partial charge in [0.05, 0.1) is 4.99 Å². The van der Waals surface area contributed by atoms with E-state index in [0.29, 0.717) is 16.9 Å². The van der Waals surface area contributed by atoms with Crippen molar-refractivity contribution in [2.45, 2.75) is 32.7 Å². The Morgan fingerprint density at radius 3 is 2.22 bits per heavy atom. The Morgan fingerprint density at radius 2 is 1.78 bits per heavy atom. The van der Waals surface area contributed by atoms with Gasteiger partial charge in [-0.05, 0) is 25.5 Å². The molecule has 0 fully saturated rings. The molecule has 2 unspecified atom stereocenters. The van der Waals surface area contributed by atoms with Crippen LogP contribution in [0.15, 0.2) is 30.3 Å². The molecule has 1 aromatic carbocycles. The van der Waals surface area contributed by atoms with Gasteiger partial charge in [-0.25, -0.2) is 0 Å². The Morgan fingerprint density at radius 1 is 1.22 bits per heavy atom. The van der Waals surface area contributed by atoms with E-state index in [1.807, 2.05) is 18.2 Å². The van der Waals surface area contributed by atoms with Gasteiger partial charge in [0, 0.05) is 18.5 Å². The van der Waals surface area contributed by atoms with E-state index < -0.39 is 0 Å². The fourth-order valence-corrected chi connectivity index (χ4v) is 2.22. The molecule has 0 spiro atoms. The first-order valence-electron chi connectivity index (χ1n) is 6.48. The molecule has 0 aromatic heterocycles. The minimum absolute atomic E-state index is 0.132. The van der Waals surface area contributed by atoms with E-state index in [0.717, 1.165) is 6.54 Å². The molecule has 0 aliphatic heterocycles. The number of hydrogen-bond donors (Lipinski definition) is 1. The van der Waals surface area contributed by atoms with Crippen molar-refractivity contribution in [2.75, 3.05) is 13.6 Å². The second-order valence-electron chi connectivity index (χ2n) is 5.29. The van der Waals surface area contributed by atoms with E-state index in [9.17, 15) is 0 Å². The maximum atomic E-state index is 5.90. The first-order chi connectivity index (χ1) is 8.43. The van der Waals surface area contributed by atoms with Crippen molar-refractivity contribution in [3.05, 3.63) is 35.9 Å². The molecular formula is C15H24N2S. The molecule has 0 aliphatic carbocycles. The van der Waals surface area contributed by atoms with Crippen molar-refractivity contribution in [3.8, 4) is 0 Å². The van der Waals surface area contributed by atoms with E-state index in [2.05, 4.69) is 44.9 Å². The number of likely N-dealkylation sites (N-methyl/N-ethyl adjacent to an activating group) is 1. The third-order valence-electron chi connectivity index (χ3n) is 3.68. The van der Waals surface area contributed by atoms with Gasteiger partial charge in [0.15, 0.2) is 0 Å². The van der Waals surface area contributed by atoms with Crippen LogP contribution in [0, 0.1) is 5.92 Å². The van der Waals surface area contributed by atoms with Crippen molar-refractivity contribution in [3.63, 3.8) is 0 Å². The molecule has 3 heteroatoms. The third kappa shape index (κ3) is 4.07. The maximum Gasteiger partial charge on any atom is 0.0816 e. The molecule has 1 aromatic rings. The summed E-state index contributed by atoms with van der Waals surface area (Å²) in [5.41, 5.74) is 7.10. The van der Waals surface area contributed by atoms with Crippen LogP contribution in [0.1, 0.15) is 32.3 Å². The molecule has 0 amide bonds. The Bertz CT molecular complexity index is 375. The van der Waals surface area contributed by atoms with Crippen LogP contribution >= 0.6 is 12.2 Å². The fraction of sp³-hybridized carbons (Fsp3) is 0.533. The number of nitrogens with zero attached hydrogens (tertiary/aromatic N) is 1. The molecule has 0 heterocycles. The summed E-state index contributed by atoms with van der Waals surface area (Å²) in [6.07, 6.45) is 0. The van der Waals surface area contributed by atoms with Crippen molar-refractivity contribution in [1.82, 2.24) is 4.90 Å². The van der Waals surface area contributed by atoms with Gasteiger partial charge < -0.3 is 10.6 Å². The quantitative estimate of drug-likeness (QED) is 0.801. The summed E-state index contributed by atoms with van der Waals surface area (Å²) in [7, 11) is 2.14. The molecule has 2 atom stereocenters. The van der Waals surface area contributed by atoms with Gasteiger partial charge in [0.25, 0.3) is 0 Å². The first kappa shape index (κ1) is 15.1. The molecule has 0 saturated carbocycles. The highest BCUT2D eigenvalue weighted by Gasteiger charge is 2.20. The predicted octanol–water partition coefficient (Wildman–Crippen LogP) is 3.03. The lowest BCUT2D eigenvalue weighted by Crippen LogP contribution is -2.39. The topological polar surface area (TPSA) is 29.3 Å². The Balaban J connectivity index is 2.79. The average Bonchev–Trinajstić information content (AvgIpc) is 2.35. The first-order valence-corrected chi connectivity index (χ1v) is 6.88. The summed E-state index contributed by atoms with van der Waals surface area (Å²) < 4.78 is 0. The minimum atomic E-state index is 0.132. The standard InChI is InChI=1S/C15H24N2S/c1-11(2)12(3)17(4)10-14(15(16)18)13-8-6-5-7-9-13/h5-9,11-12,14H,10H2,1-4H3,(H2,16,18). The van der Waals surface area contributed by atoms with Crippen molar-refractivity contribution >= 4 is 17.2 Å². The summed E-state index contributed by atoms with van der Waals surface area (Å²) in [4.78, 5) is 2.91. The Labute approximate surface area is 116 Å². The summed E-state index contributed by atoms with van der Waals surface area (Å²) in [5, 5.41) is 0. The number of hydrogen-bond acceptors (Lipinski definition) is 2. The second-order valence-corrected chi connectivity index (χ2v) is 5.76. The zero-order chi connectivity index (χ0) is 13.7. The maximum absolute atomic E-state index is 5.90. The smallest absolute Gasteiger partial charge is 0.0816 e. The molecule has 100 valence electrons. The SMILES string of the molecule is CC(C)C(C)N(C)CC(C(N)=S)c1ccccc1. The average molecular weight is 264 g/mol. The summed E-state index contributed by atoms with van der Waals surface area (Å²) in [6.45, 7) is 7.59. The van der Waals surface area contributed by atoms with Crippen LogP contribution < -0.4 is 5.73 Å². The largest absolute Gasteiger partial charge is 0.393 e. The van der Waals surface area contributed by atoms with E-state index in [4.69, 9.17) is 18.0 Å². The summed E-state index contributed by atoms with van der Waals surface area (Å²) in [5.74, 6) is 0.755. The second kappa shape index (κ2) is 6.86. The van der Waals surface area contributed by atoms with Gasteiger partial charge >= 0.3 is 0 Å². The lowest BCUT2D eigenvalue weighted by Gasteiger charge is -2.31. The molecule has 1 rings (SSSR count). The van der Waals surface area contributed by atoms with Gasteiger partial charge in [0.2, 0.25) is 0 Å². The van der Waals surface area contributed by atoms with Crippen LogP contribution in [0.25, 0.3) is 0 Å². The summed E-state index contributed by atoms with van der Waals surface area (Å²) in [6, 6.07) is 10.8. The van der Waals surface area contributed by atoms with Gasteiger partial charge in [-0.15, -0.1) is 0 Å². The molecule has 0 aliphatic rings. The van der Waals surface area contributed by atoms with Gasteiger partial charge in [-0.1, -0.05) is 56.4 Å². The predicted molar refractivity (Wildman–Crippen MR) is 82.9 cm³/mol. The zero-order valence-electron chi connectivity index (χ0n) is 11.8. The van der Waals surface area contributed by atoms with Crippen LogP contribution in [0.3, 0.4) is 0 Å². The highest BCUT2D eigenvalue weighted by molar-refractivity contribution is 7.80. The number of benzene rings is 1. The van der Waals surface area contributed by atoms with Crippen LogP contribution in [-0.2, 0) is 0 Å². The van der Waals surface area contributed by atoms with Crippen LogP contribution in [-0.4, -0.2) is 29.5 Å². The van der Waals surface area contributed by atoms with E-state index in [1.54, 1.807) is 0 Å². The van der Waals surface area contributed by atoms with E-state index >= 15 is 0 Å². The fourth-order valence-electron chi connectivity index (χ4n) is 2.01. The lowest BCUT2D eigenvalue weighted by atomic mass is 9.96. The molecule has 0 bridgehead atoms. The van der Waals surface area contributed by atoms with Gasteiger partial charge in [0.1, 0.15) is 0 Å².